The second-order valence-corrected chi connectivity index (χ2v) is 10.7. The molecule has 0 radical (unpaired) electrons. The molecule has 39 heavy (non-hydrogen) atoms. The zero-order valence-electron chi connectivity index (χ0n) is 23.0. The van der Waals surface area contributed by atoms with Gasteiger partial charge in [0, 0.05) is 18.0 Å². The Kier molecular flexibility index (Phi) is 7.53. The van der Waals surface area contributed by atoms with Gasteiger partial charge in [-0.2, -0.15) is 0 Å². The molecule has 7 nitrogen and oxygen atoms in total. The fourth-order valence-corrected chi connectivity index (χ4v) is 5.45. The number of hydrogen-bond donors (Lipinski definition) is 0. The van der Waals surface area contributed by atoms with E-state index >= 15 is 8.78 Å². The van der Waals surface area contributed by atoms with E-state index in [0.29, 0.717) is 34.1 Å². The van der Waals surface area contributed by atoms with Crippen LogP contribution in [0.15, 0.2) is 36.5 Å². The van der Waals surface area contributed by atoms with Crippen molar-refractivity contribution in [3.8, 4) is 22.8 Å². The number of ether oxygens (including phenoxy) is 2. The van der Waals surface area contributed by atoms with Crippen LogP contribution in [0.2, 0.25) is 0 Å². The fraction of sp³-hybridized carbons (Fsp3) is 0.433. The third-order valence-corrected chi connectivity index (χ3v) is 7.56. The molecule has 1 amide bonds. The van der Waals surface area contributed by atoms with Gasteiger partial charge in [0.05, 0.1) is 19.0 Å². The number of carbonyl (C=O) groups is 1. The summed E-state index contributed by atoms with van der Waals surface area (Å²) in [5.74, 6) is 0.346. The lowest BCUT2D eigenvalue weighted by atomic mass is 9.88. The molecule has 1 unspecified atom stereocenters. The molecular formula is C30H34F2N4O3. The molecule has 2 aliphatic heterocycles. The number of fused-ring (bicyclic) bond motifs is 1. The molecule has 2 aromatic carbocycles. The number of rotatable bonds is 6. The SMILES string of the molecule is COc1cc(-c2nc(Cc3ccc(C4CCN(C)CC4)c(F)c3)ncc2F)cc2c1OC(C)C(=O)N2C(C)C. The number of likely N-dealkylation sites (tertiary alicyclic amines) is 1. The van der Waals surface area contributed by atoms with Crippen LogP contribution in [0, 0.1) is 11.6 Å². The van der Waals surface area contributed by atoms with E-state index < -0.39 is 11.9 Å². The third-order valence-electron chi connectivity index (χ3n) is 7.56. The maximum absolute atomic E-state index is 15.1. The molecule has 0 N–H and O–H groups in total. The summed E-state index contributed by atoms with van der Waals surface area (Å²) in [7, 11) is 3.58. The minimum Gasteiger partial charge on any atom is -0.493 e. The number of carbonyl (C=O) groups excluding carboxylic acids is 1. The van der Waals surface area contributed by atoms with E-state index in [1.54, 1.807) is 24.0 Å². The van der Waals surface area contributed by atoms with Crippen LogP contribution < -0.4 is 14.4 Å². The topological polar surface area (TPSA) is 67.8 Å². The summed E-state index contributed by atoms with van der Waals surface area (Å²) in [5.41, 5.74) is 2.44. The summed E-state index contributed by atoms with van der Waals surface area (Å²) in [5, 5.41) is 0. The van der Waals surface area contributed by atoms with Crippen molar-refractivity contribution in [2.24, 2.45) is 0 Å². The lowest BCUT2D eigenvalue weighted by Crippen LogP contribution is -2.48. The molecule has 206 valence electrons. The second-order valence-electron chi connectivity index (χ2n) is 10.7. The number of halogens is 2. The van der Waals surface area contributed by atoms with Gasteiger partial charge in [-0.25, -0.2) is 18.7 Å². The lowest BCUT2D eigenvalue weighted by Gasteiger charge is -2.36. The maximum Gasteiger partial charge on any atom is 0.268 e. The van der Waals surface area contributed by atoms with E-state index in [1.165, 1.54) is 13.2 Å². The van der Waals surface area contributed by atoms with Gasteiger partial charge in [-0.3, -0.25) is 4.79 Å². The summed E-state index contributed by atoms with van der Waals surface area (Å²) in [6.07, 6.45) is 2.57. The predicted molar refractivity (Wildman–Crippen MR) is 145 cm³/mol. The Morgan fingerprint density at radius 1 is 1.13 bits per heavy atom. The normalized spacial score (nSPS) is 18.3. The van der Waals surface area contributed by atoms with Crippen LogP contribution in [-0.4, -0.2) is 60.2 Å². The fourth-order valence-electron chi connectivity index (χ4n) is 5.45. The Balaban J connectivity index is 1.46. The van der Waals surface area contributed by atoms with Crippen molar-refractivity contribution in [3.63, 3.8) is 0 Å². The first-order chi connectivity index (χ1) is 18.7. The number of aromatic nitrogens is 2. The zero-order valence-corrected chi connectivity index (χ0v) is 23.0. The van der Waals surface area contributed by atoms with Crippen LogP contribution in [0.1, 0.15) is 56.5 Å². The molecule has 9 heteroatoms. The summed E-state index contributed by atoms with van der Waals surface area (Å²) >= 11 is 0. The summed E-state index contributed by atoms with van der Waals surface area (Å²) in [6.45, 7) is 7.41. The molecule has 1 saturated heterocycles. The molecule has 5 rings (SSSR count). The van der Waals surface area contributed by atoms with E-state index in [0.717, 1.165) is 37.7 Å². The van der Waals surface area contributed by atoms with Crippen molar-refractivity contribution in [1.82, 2.24) is 14.9 Å². The molecule has 0 saturated carbocycles. The van der Waals surface area contributed by atoms with Crippen LogP contribution in [0.5, 0.6) is 11.5 Å². The number of benzene rings is 2. The molecule has 1 atom stereocenters. The number of anilines is 1. The van der Waals surface area contributed by atoms with Gasteiger partial charge in [-0.15, -0.1) is 0 Å². The standard InChI is InChI=1S/C30H34F2N4O3/c1-17(2)36-25-14-21(15-26(38-5)29(25)39-18(3)30(36)37)28-24(32)16-33-27(34-28)13-19-6-7-22(23(31)12-19)20-8-10-35(4)11-9-20/h6-7,12,14-18,20H,8-11,13H2,1-5H3. The zero-order chi connectivity index (χ0) is 27.8. The van der Waals surface area contributed by atoms with Crippen LogP contribution in [0.3, 0.4) is 0 Å². The van der Waals surface area contributed by atoms with Gasteiger partial charge in [-0.05, 0) is 89.0 Å². The molecule has 0 spiro atoms. The number of nitrogens with zero attached hydrogens (tertiary/aromatic N) is 4. The molecule has 3 heterocycles. The molecule has 0 aliphatic carbocycles. The van der Waals surface area contributed by atoms with Crippen molar-refractivity contribution < 1.29 is 23.0 Å². The molecule has 2 aliphatic rings. The van der Waals surface area contributed by atoms with Gasteiger partial charge >= 0.3 is 0 Å². The summed E-state index contributed by atoms with van der Waals surface area (Å²) < 4.78 is 41.6. The number of piperidine rings is 1. The molecule has 1 fully saturated rings. The van der Waals surface area contributed by atoms with Gasteiger partial charge in [0.15, 0.2) is 23.4 Å². The first kappa shape index (κ1) is 27.0. The highest BCUT2D eigenvalue weighted by atomic mass is 19.1. The van der Waals surface area contributed by atoms with Gasteiger partial charge < -0.3 is 19.3 Å². The van der Waals surface area contributed by atoms with E-state index in [9.17, 15) is 4.79 Å². The highest BCUT2D eigenvalue weighted by Crippen LogP contribution is 2.45. The van der Waals surface area contributed by atoms with Crippen molar-refractivity contribution in [3.05, 3.63) is 65.1 Å². The van der Waals surface area contributed by atoms with E-state index in [1.807, 2.05) is 26.0 Å². The number of amides is 1. The van der Waals surface area contributed by atoms with Gasteiger partial charge in [0.2, 0.25) is 0 Å². The largest absolute Gasteiger partial charge is 0.493 e. The van der Waals surface area contributed by atoms with Crippen LogP contribution in [0.25, 0.3) is 11.3 Å². The van der Waals surface area contributed by atoms with Crippen LogP contribution in [0.4, 0.5) is 14.5 Å². The van der Waals surface area contributed by atoms with Crippen molar-refractivity contribution >= 4 is 11.6 Å². The van der Waals surface area contributed by atoms with Crippen LogP contribution in [-0.2, 0) is 11.2 Å². The lowest BCUT2D eigenvalue weighted by molar-refractivity contribution is -0.126. The minimum absolute atomic E-state index is 0.0688. The molecule has 0 bridgehead atoms. The smallest absolute Gasteiger partial charge is 0.268 e. The Morgan fingerprint density at radius 2 is 1.87 bits per heavy atom. The van der Waals surface area contributed by atoms with Crippen molar-refractivity contribution in [1.29, 1.82) is 0 Å². The summed E-state index contributed by atoms with van der Waals surface area (Å²) in [4.78, 5) is 25.5. The van der Waals surface area contributed by atoms with E-state index in [4.69, 9.17) is 9.47 Å². The third kappa shape index (κ3) is 5.32. The molecule has 1 aromatic heterocycles. The first-order valence-electron chi connectivity index (χ1n) is 13.4. The quantitative estimate of drug-likeness (QED) is 0.423. The van der Waals surface area contributed by atoms with Gasteiger partial charge in [-0.1, -0.05) is 12.1 Å². The van der Waals surface area contributed by atoms with E-state index in [-0.39, 0.29) is 35.8 Å². The highest BCUT2D eigenvalue weighted by molar-refractivity contribution is 6.01. The highest BCUT2D eigenvalue weighted by Gasteiger charge is 2.36. The Labute approximate surface area is 227 Å². The number of methoxy groups -OCH3 is 1. The second kappa shape index (κ2) is 10.9. The molecule has 3 aromatic rings. The predicted octanol–water partition coefficient (Wildman–Crippen LogP) is 5.35. The number of hydrogen-bond acceptors (Lipinski definition) is 6. The maximum atomic E-state index is 15.1. The Bertz CT molecular complexity index is 1390. The minimum atomic E-state index is -0.673. The Hall–Kier alpha value is -3.59. The molecular weight excluding hydrogens is 502 g/mol. The Morgan fingerprint density at radius 3 is 2.54 bits per heavy atom. The monoisotopic (exact) mass is 536 g/mol. The average Bonchev–Trinajstić information content (AvgIpc) is 2.90. The van der Waals surface area contributed by atoms with Gasteiger partial charge in [0.1, 0.15) is 17.3 Å². The van der Waals surface area contributed by atoms with Crippen molar-refractivity contribution in [2.75, 3.05) is 32.1 Å². The van der Waals surface area contributed by atoms with Crippen molar-refractivity contribution in [2.45, 2.75) is 58.1 Å². The first-order valence-corrected chi connectivity index (χ1v) is 13.4. The van der Waals surface area contributed by atoms with E-state index in [2.05, 4.69) is 21.9 Å². The van der Waals surface area contributed by atoms with Gasteiger partial charge in [0.25, 0.3) is 5.91 Å². The average molecular weight is 537 g/mol. The summed E-state index contributed by atoms with van der Waals surface area (Å²) in [6, 6.07) is 8.47. The van der Waals surface area contributed by atoms with Crippen LogP contribution >= 0.6 is 0 Å².